The predicted molar refractivity (Wildman–Crippen MR) is 63.2 cm³/mol. The maximum absolute atomic E-state index is 11.6. The van der Waals surface area contributed by atoms with Crippen LogP contribution in [0.1, 0.15) is 6.92 Å². The maximum atomic E-state index is 11.6. The molecule has 0 rings (SSSR count). The molecule has 0 spiro atoms. The minimum absolute atomic E-state index is 0.0768. The SMILES string of the molecule is C=CCNC(=O)C(C)N(C)CC(O)COC. The zero-order valence-corrected chi connectivity index (χ0v) is 10.3. The predicted octanol–water partition coefficient (Wildman–Crippen LogP) is -0.384. The van der Waals surface area contributed by atoms with Crippen molar-refractivity contribution in [3.63, 3.8) is 0 Å². The van der Waals surface area contributed by atoms with Crippen molar-refractivity contribution in [2.24, 2.45) is 0 Å². The molecule has 0 heterocycles. The number of likely N-dealkylation sites (N-methyl/N-ethyl adjacent to an activating group) is 1. The number of amides is 1. The highest BCUT2D eigenvalue weighted by atomic mass is 16.5. The third-order valence-corrected chi connectivity index (χ3v) is 2.32. The van der Waals surface area contributed by atoms with E-state index in [9.17, 15) is 9.90 Å². The molecule has 1 amide bonds. The summed E-state index contributed by atoms with van der Waals surface area (Å²) in [6.07, 6.45) is 1.05. The molecule has 2 atom stereocenters. The zero-order chi connectivity index (χ0) is 12.6. The van der Waals surface area contributed by atoms with Crippen LogP contribution in [-0.2, 0) is 9.53 Å². The summed E-state index contributed by atoms with van der Waals surface area (Å²) in [6, 6.07) is -0.286. The first-order valence-electron chi connectivity index (χ1n) is 5.28. The first kappa shape index (κ1) is 15.1. The van der Waals surface area contributed by atoms with Gasteiger partial charge >= 0.3 is 0 Å². The summed E-state index contributed by atoms with van der Waals surface area (Å²) in [5.74, 6) is -0.0768. The van der Waals surface area contributed by atoms with E-state index < -0.39 is 6.10 Å². The Morgan fingerprint density at radius 2 is 2.31 bits per heavy atom. The highest BCUT2D eigenvalue weighted by Gasteiger charge is 2.19. The van der Waals surface area contributed by atoms with E-state index >= 15 is 0 Å². The lowest BCUT2D eigenvalue weighted by atomic mass is 10.2. The molecule has 0 aromatic carbocycles. The van der Waals surface area contributed by atoms with Gasteiger partial charge in [-0.1, -0.05) is 6.08 Å². The van der Waals surface area contributed by atoms with E-state index in [1.807, 2.05) is 0 Å². The molecular weight excluding hydrogens is 208 g/mol. The molecule has 0 aromatic rings. The molecule has 5 heteroatoms. The van der Waals surface area contributed by atoms with Crippen LogP contribution in [0, 0.1) is 0 Å². The van der Waals surface area contributed by atoms with Gasteiger partial charge in [0.15, 0.2) is 0 Å². The van der Waals surface area contributed by atoms with E-state index in [1.165, 1.54) is 7.11 Å². The van der Waals surface area contributed by atoms with Crippen LogP contribution in [0.25, 0.3) is 0 Å². The molecule has 2 N–H and O–H groups in total. The number of nitrogens with one attached hydrogen (secondary N) is 1. The second-order valence-corrected chi connectivity index (χ2v) is 3.76. The average molecular weight is 230 g/mol. The molecule has 0 saturated carbocycles. The number of hydrogen-bond donors (Lipinski definition) is 2. The van der Waals surface area contributed by atoms with Gasteiger partial charge in [-0.2, -0.15) is 0 Å². The Hall–Kier alpha value is -0.910. The quantitative estimate of drug-likeness (QED) is 0.558. The van der Waals surface area contributed by atoms with Crippen molar-refractivity contribution in [2.75, 3.05) is 33.9 Å². The molecule has 0 aliphatic heterocycles. The number of aliphatic hydroxyl groups is 1. The van der Waals surface area contributed by atoms with Gasteiger partial charge in [0.1, 0.15) is 0 Å². The van der Waals surface area contributed by atoms with E-state index in [-0.39, 0.29) is 18.6 Å². The molecule has 0 aliphatic carbocycles. The van der Waals surface area contributed by atoms with Crippen LogP contribution in [0.5, 0.6) is 0 Å². The van der Waals surface area contributed by atoms with Gasteiger partial charge in [-0.25, -0.2) is 0 Å². The van der Waals surface area contributed by atoms with Gasteiger partial charge in [0.25, 0.3) is 0 Å². The van der Waals surface area contributed by atoms with Crippen molar-refractivity contribution in [1.82, 2.24) is 10.2 Å². The largest absolute Gasteiger partial charge is 0.389 e. The molecule has 0 aromatic heterocycles. The van der Waals surface area contributed by atoms with Gasteiger partial charge in [-0.3, -0.25) is 9.69 Å². The number of carbonyl (C=O) groups excluding carboxylic acids is 1. The molecule has 94 valence electrons. The number of rotatable bonds is 8. The first-order valence-corrected chi connectivity index (χ1v) is 5.28. The fourth-order valence-corrected chi connectivity index (χ4v) is 1.26. The third-order valence-electron chi connectivity index (χ3n) is 2.32. The van der Waals surface area contributed by atoms with Crippen LogP contribution in [0.4, 0.5) is 0 Å². The summed E-state index contributed by atoms with van der Waals surface area (Å²) in [6.45, 7) is 6.44. The lowest BCUT2D eigenvalue weighted by Gasteiger charge is -2.25. The monoisotopic (exact) mass is 230 g/mol. The van der Waals surface area contributed by atoms with E-state index in [0.717, 1.165) is 0 Å². The Labute approximate surface area is 97.1 Å². The standard InChI is InChI=1S/C11H22N2O3/c1-5-6-12-11(15)9(2)13(3)7-10(14)8-16-4/h5,9-10,14H,1,6-8H2,2-4H3,(H,12,15). The highest BCUT2D eigenvalue weighted by Crippen LogP contribution is 1.98. The highest BCUT2D eigenvalue weighted by molar-refractivity contribution is 5.81. The van der Waals surface area contributed by atoms with Crippen molar-refractivity contribution in [2.45, 2.75) is 19.1 Å². The average Bonchev–Trinajstić information content (AvgIpc) is 2.24. The molecule has 0 aliphatic rings. The Morgan fingerprint density at radius 3 is 2.81 bits per heavy atom. The number of hydrogen-bond acceptors (Lipinski definition) is 4. The molecule has 0 radical (unpaired) electrons. The van der Waals surface area contributed by atoms with Crippen LogP contribution in [-0.4, -0.2) is 61.9 Å². The lowest BCUT2D eigenvalue weighted by molar-refractivity contribution is -0.125. The molecule has 0 fully saturated rings. The number of aliphatic hydroxyl groups excluding tert-OH is 1. The van der Waals surface area contributed by atoms with Crippen molar-refractivity contribution >= 4 is 5.91 Å². The summed E-state index contributed by atoms with van der Waals surface area (Å²) in [5, 5.41) is 12.2. The number of nitrogens with zero attached hydrogens (tertiary/aromatic N) is 1. The summed E-state index contributed by atoms with van der Waals surface area (Å²) < 4.78 is 4.82. The molecule has 5 nitrogen and oxygen atoms in total. The molecule has 0 saturated heterocycles. The molecule has 2 unspecified atom stereocenters. The van der Waals surface area contributed by atoms with Gasteiger partial charge in [-0.15, -0.1) is 6.58 Å². The van der Waals surface area contributed by atoms with Crippen LogP contribution >= 0.6 is 0 Å². The van der Waals surface area contributed by atoms with E-state index in [1.54, 1.807) is 24.9 Å². The van der Waals surface area contributed by atoms with Crippen LogP contribution in [0.3, 0.4) is 0 Å². The normalized spacial score (nSPS) is 14.6. The summed E-state index contributed by atoms with van der Waals surface area (Å²) in [5.41, 5.74) is 0. The van der Waals surface area contributed by atoms with Crippen LogP contribution < -0.4 is 5.32 Å². The summed E-state index contributed by atoms with van der Waals surface area (Å²) in [4.78, 5) is 13.3. The Bertz CT molecular complexity index is 221. The van der Waals surface area contributed by atoms with Crippen molar-refractivity contribution in [1.29, 1.82) is 0 Å². The van der Waals surface area contributed by atoms with Gasteiger partial charge in [0, 0.05) is 20.2 Å². The van der Waals surface area contributed by atoms with Gasteiger partial charge in [-0.05, 0) is 14.0 Å². The Morgan fingerprint density at radius 1 is 1.69 bits per heavy atom. The number of carbonyl (C=O) groups is 1. The fourth-order valence-electron chi connectivity index (χ4n) is 1.26. The van der Waals surface area contributed by atoms with E-state index in [2.05, 4.69) is 11.9 Å². The minimum Gasteiger partial charge on any atom is -0.389 e. The topological polar surface area (TPSA) is 61.8 Å². The summed E-state index contributed by atoms with van der Waals surface area (Å²) in [7, 11) is 3.32. The van der Waals surface area contributed by atoms with Gasteiger partial charge in [0.05, 0.1) is 18.8 Å². The van der Waals surface area contributed by atoms with Crippen LogP contribution in [0.2, 0.25) is 0 Å². The van der Waals surface area contributed by atoms with Crippen molar-refractivity contribution in [3.8, 4) is 0 Å². The zero-order valence-electron chi connectivity index (χ0n) is 10.3. The van der Waals surface area contributed by atoms with E-state index in [4.69, 9.17) is 4.74 Å². The first-order chi connectivity index (χ1) is 7.52. The molecular formula is C11H22N2O3. The maximum Gasteiger partial charge on any atom is 0.237 e. The second-order valence-electron chi connectivity index (χ2n) is 3.76. The Kier molecular flexibility index (Phi) is 7.80. The van der Waals surface area contributed by atoms with E-state index in [0.29, 0.717) is 13.1 Å². The minimum atomic E-state index is -0.579. The van der Waals surface area contributed by atoms with Gasteiger partial charge < -0.3 is 15.2 Å². The lowest BCUT2D eigenvalue weighted by Crippen LogP contribution is -2.46. The van der Waals surface area contributed by atoms with Crippen LogP contribution in [0.15, 0.2) is 12.7 Å². The third kappa shape index (κ3) is 5.85. The van der Waals surface area contributed by atoms with Crippen molar-refractivity contribution in [3.05, 3.63) is 12.7 Å². The van der Waals surface area contributed by atoms with Crippen molar-refractivity contribution < 1.29 is 14.6 Å². The molecule has 16 heavy (non-hydrogen) atoms. The Balaban J connectivity index is 4.00. The summed E-state index contributed by atoms with van der Waals surface area (Å²) >= 11 is 0. The van der Waals surface area contributed by atoms with Gasteiger partial charge in [0.2, 0.25) is 5.91 Å². The second kappa shape index (κ2) is 8.27. The number of ether oxygens (including phenoxy) is 1. The smallest absolute Gasteiger partial charge is 0.237 e. The fraction of sp³-hybridized carbons (Fsp3) is 0.727. The number of methoxy groups -OCH3 is 1. The molecule has 0 bridgehead atoms.